The first-order valence-electron chi connectivity index (χ1n) is 6.80. The Morgan fingerprint density at radius 1 is 1.29 bits per heavy atom. The topological polar surface area (TPSA) is 84.2 Å². The molecular formula is C15H15N3O3. The third kappa shape index (κ3) is 2.65. The number of aryl methyl sites for hydroxylation is 1. The summed E-state index contributed by atoms with van der Waals surface area (Å²) in [5.41, 5.74) is 2.72. The van der Waals surface area contributed by atoms with Gasteiger partial charge in [0.1, 0.15) is 0 Å². The average Bonchev–Trinajstić information content (AvgIpc) is 3.08. The maximum Gasteiger partial charge on any atom is 0.335 e. The van der Waals surface area contributed by atoms with Gasteiger partial charge in [0.15, 0.2) is 0 Å². The SMILES string of the molecule is O=C(O)c1ccc(CNC(=O)c2cnn3c2CCC3)cc1. The number of amides is 1. The van der Waals surface area contributed by atoms with Gasteiger partial charge in [0.25, 0.3) is 5.91 Å². The monoisotopic (exact) mass is 285 g/mol. The zero-order valence-electron chi connectivity index (χ0n) is 11.4. The van der Waals surface area contributed by atoms with Crippen molar-refractivity contribution < 1.29 is 14.7 Å². The third-order valence-electron chi connectivity index (χ3n) is 3.63. The fourth-order valence-electron chi connectivity index (χ4n) is 2.50. The molecule has 0 fully saturated rings. The minimum Gasteiger partial charge on any atom is -0.478 e. The maximum atomic E-state index is 12.2. The number of hydrogen-bond acceptors (Lipinski definition) is 3. The van der Waals surface area contributed by atoms with Crippen molar-refractivity contribution in [3.8, 4) is 0 Å². The third-order valence-corrected chi connectivity index (χ3v) is 3.63. The van der Waals surface area contributed by atoms with E-state index in [1.54, 1.807) is 18.3 Å². The van der Waals surface area contributed by atoms with E-state index in [0.29, 0.717) is 12.1 Å². The van der Waals surface area contributed by atoms with E-state index in [9.17, 15) is 9.59 Å². The lowest BCUT2D eigenvalue weighted by Gasteiger charge is -2.05. The van der Waals surface area contributed by atoms with Crippen LogP contribution < -0.4 is 5.32 Å². The van der Waals surface area contributed by atoms with E-state index in [0.717, 1.165) is 30.6 Å². The van der Waals surface area contributed by atoms with E-state index in [-0.39, 0.29) is 11.5 Å². The number of benzene rings is 1. The summed E-state index contributed by atoms with van der Waals surface area (Å²) < 4.78 is 1.87. The Balaban J connectivity index is 1.64. The number of hydrogen-bond donors (Lipinski definition) is 2. The molecular weight excluding hydrogens is 270 g/mol. The highest BCUT2D eigenvalue weighted by Gasteiger charge is 2.20. The maximum absolute atomic E-state index is 12.2. The van der Waals surface area contributed by atoms with Crippen molar-refractivity contribution in [1.82, 2.24) is 15.1 Å². The van der Waals surface area contributed by atoms with Gasteiger partial charge in [-0.2, -0.15) is 5.10 Å². The Morgan fingerprint density at radius 3 is 2.76 bits per heavy atom. The minimum atomic E-state index is -0.957. The van der Waals surface area contributed by atoms with Gasteiger partial charge in [-0.1, -0.05) is 12.1 Å². The second kappa shape index (κ2) is 5.40. The summed E-state index contributed by atoms with van der Waals surface area (Å²) in [4.78, 5) is 22.9. The van der Waals surface area contributed by atoms with Crippen LogP contribution >= 0.6 is 0 Å². The summed E-state index contributed by atoms with van der Waals surface area (Å²) in [5, 5.41) is 15.9. The molecule has 1 aromatic heterocycles. The highest BCUT2D eigenvalue weighted by molar-refractivity contribution is 5.95. The van der Waals surface area contributed by atoms with E-state index in [2.05, 4.69) is 10.4 Å². The van der Waals surface area contributed by atoms with Crippen molar-refractivity contribution in [2.75, 3.05) is 0 Å². The number of rotatable bonds is 4. The highest BCUT2D eigenvalue weighted by atomic mass is 16.4. The normalized spacial score (nSPS) is 13.0. The molecule has 21 heavy (non-hydrogen) atoms. The lowest BCUT2D eigenvalue weighted by Crippen LogP contribution is -2.23. The Morgan fingerprint density at radius 2 is 2.05 bits per heavy atom. The Bertz CT molecular complexity index is 689. The fourth-order valence-corrected chi connectivity index (χ4v) is 2.50. The van der Waals surface area contributed by atoms with Crippen LogP contribution in [0.4, 0.5) is 0 Å². The first-order chi connectivity index (χ1) is 10.1. The minimum absolute atomic E-state index is 0.138. The van der Waals surface area contributed by atoms with Crippen LogP contribution in [0.2, 0.25) is 0 Å². The lowest BCUT2D eigenvalue weighted by atomic mass is 10.1. The number of carbonyl (C=O) groups is 2. The van der Waals surface area contributed by atoms with Crippen molar-refractivity contribution in [2.45, 2.75) is 25.9 Å². The van der Waals surface area contributed by atoms with Gasteiger partial charge in [0.2, 0.25) is 0 Å². The molecule has 2 heterocycles. The molecule has 1 aliphatic heterocycles. The first-order valence-corrected chi connectivity index (χ1v) is 6.80. The number of fused-ring (bicyclic) bond motifs is 1. The number of nitrogens with zero attached hydrogens (tertiary/aromatic N) is 2. The van der Waals surface area contributed by atoms with Gasteiger partial charge in [-0.05, 0) is 30.5 Å². The second-order valence-electron chi connectivity index (χ2n) is 5.02. The fraction of sp³-hybridized carbons (Fsp3) is 0.267. The van der Waals surface area contributed by atoms with E-state index in [1.807, 2.05) is 4.68 Å². The van der Waals surface area contributed by atoms with Crippen LogP contribution in [0.15, 0.2) is 30.5 Å². The molecule has 0 atom stereocenters. The van der Waals surface area contributed by atoms with Crippen molar-refractivity contribution >= 4 is 11.9 Å². The molecule has 6 heteroatoms. The lowest BCUT2D eigenvalue weighted by molar-refractivity contribution is 0.0696. The van der Waals surface area contributed by atoms with Gasteiger partial charge < -0.3 is 10.4 Å². The molecule has 0 unspecified atom stereocenters. The largest absolute Gasteiger partial charge is 0.478 e. The molecule has 0 saturated heterocycles. The number of aromatic carboxylic acids is 1. The van der Waals surface area contributed by atoms with Crippen LogP contribution in [0.3, 0.4) is 0 Å². The molecule has 0 spiro atoms. The molecule has 0 radical (unpaired) electrons. The standard InChI is InChI=1S/C15H15N3O3/c19-14(12-9-17-18-7-1-2-13(12)18)16-8-10-3-5-11(6-4-10)15(20)21/h3-6,9H,1-2,7-8H2,(H,16,19)(H,20,21). The summed E-state index contributed by atoms with van der Waals surface area (Å²) in [6, 6.07) is 6.46. The van der Waals surface area contributed by atoms with Crippen LogP contribution in [0.25, 0.3) is 0 Å². The molecule has 1 aliphatic rings. The number of aromatic nitrogens is 2. The van der Waals surface area contributed by atoms with Crippen LogP contribution in [0.1, 0.15) is 38.4 Å². The zero-order chi connectivity index (χ0) is 14.8. The predicted octanol–water partition coefficient (Wildman–Crippen LogP) is 1.46. The molecule has 2 N–H and O–H groups in total. The van der Waals surface area contributed by atoms with E-state index in [4.69, 9.17) is 5.11 Å². The van der Waals surface area contributed by atoms with Crippen molar-refractivity contribution in [2.24, 2.45) is 0 Å². The number of nitrogens with one attached hydrogen (secondary N) is 1. The molecule has 1 amide bonds. The zero-order valence-corrected chi connectivity index (χ0v) is 11.4. The van der Waals surface area contributed by atoms with Gasteiger partial charge in [-0.15, -0.1) is 0 Å². The molecule has 6 nitrogen and oxygen atoms in total. The average molecular weight is 285 g/mol. The molecule has 0 saturated carbocycles. The van der Waals surface area contributed by atoms with Gasteiger partial charge in [-0.25, -0.2) is 4.79 Å². The second-order valence-corrected chi connectivity index (χ2v) is 5.02. The molecule has 108 valence electrons. The summed E-state index contributed by atoms with van der Waals surface area (Å²) in [6.45, 7) is 1.24. The van der Waals surface area contributed by atoms with E-state index >= 15 is 0 Å². The summed E-state index contributed by atoms with van der Waals surface area (Å²) in [6.07, 6.45) is 3.52. The quantitative estimate of drug-likeness (QED) is 0.890. The van der Waals surface area contributed by atoms with Gasteiger partial charge in [-0.3, -0.25) is 9.48 Å². The molecule has 0 aliphatic carbocycles. The van der Waals surface area contributed by atoms with Crippen molar-refractivity contribution in [3.05, 3.63) is 52.8 Å². The van der Waals surface area contributed by atoms with Crippen molar-refractivity contribution in [1.29, 1.82) is 0 Å². The van der Waals surface area contributed by atoms with Gasteiger partial charge in [0, 0.05) is 13.1 Å². The first kappa shape index (κ1) is 13.4. The summed E-state index contributed by atoms with van der Waals surface area (Å²) >= 11 is 0. The van der Waals surface area contributed by atoms with Gasteiger partial charge in [0.05, 0.1) is 23.0 Å². The van der Waals surface area contributed by atoms with E-state index < -0.39 is 5.97 Å². The van der Waals surface area contributed by atoms with Crippen LogP contribution in [-0.4, -0.2) is 26.8 Å². The molecule has 2 aromatic rings. The predicted molar refractivity (Wildman–Crippen MR) is 75.1 cm³/mol. The number of carboxylic acids is 1. The Labute approximate surface area is 121 Å². The number of carbonyl (C=O) groups excluding carboxylic acids is 1. The van der Waals surface area contributed by atoms with Crippen LogP contribution in [-0.2, 0) is 19.5 Å². The van der Waals surface area contributed by atoms with Crippen molar-refractivity contribution in [3.63, 3.8) is 0 Å². The Kier molecular flexibility index (Phi) is 3.43. The molecule has 1 aromatic carbocycles. The molecule has 3 rings (SSSR count). The van der Waals surface area contributed by atoms with Gasteiger partial charge >= 0.3 is 5.97 Å². The molecule has 0 bridgehead atoms. The summed E-state index contributed by atoms with van der Waals surface area (Å²) in [7, 11) is 0. The number of carboxylic acid groups (broad SMARTS) is 1. The smallest absolute Gasteiger partial charge is 0.335 e. The summed E-state index contributed by atoms with van der Waals surface area (Å²) in [5.74, 6) is -1.10. The van der Waals surface area contributed by atoms with E-state index in [1.165, 1.54) is 12.1 Å². The Hall–Kier alpha value is -2.63. The highest BCUT2D eigenvalue weighted by Crippen LogP contribution is 2.18. The van der Waals surface area contributed by atoms with Crippen LogP contribution in [0, 0.1) is 0 Å². The van der Waals surface area contributed by atoms with Crippen LogP contribution in [0.5, 0.6) is 0 Å².